The molecule has 0 radical (unpaired) electrons. The van der Waals surface area contributed by atoms with Crippen LogP contribution in [0.3, 0.4) is 0 Å². The molecular formula is C41H74N2O13S2. The lowest BCUT2D eigenvalue weighted by Gasteiger charge is -2.21. The highest BCUT2D eigenvalue weighted by molar-refractivity contribution is 7.80. The van der Waals surface area contributed by atoms with Gasteiger partial charge in [-0.3, -0.25) is 28.8 Å². The highest BCUT2D eigenvalue weighted by Gasteiger charge is 2.14. The maximum atomic E-state index is 12.5. The van der Waals surface area contributed by atoms with Crippen LogP contribution in [0, 0.1) is 0 Å². The average molecular weight is 867 g/mol. The molecule has 0 heterocycles. The summed E-state index contributed by atoms with van der Waals surface area (Å²) in [4.78, 5) is 76.4. The zero-order valence-electron chi connectivity index (χ0n) is 35.2. The number of aliphatic hydroxyl groups excluding tert-OH is 1. The molecule has 0 spiro atoms. The van der Waals surface area contributed by atoms with Crippen LogP contribution in [0.15, 0.2) is 0 Å². The number of rotatable bonds is 41. The maximum Gasteiger partial charge on any atom is 0.307 e. The number of carbonyl (C=O) groups excluding carboxylic acids is 6. The van der Waals surface area contributed by atoms with Crippen molar-refractivity contribution >= 4 is 61.1 Å². The first kappa shape index (κ1) is 55.4. The molecule has 0 saturated carbocycles. The number of unbranched alkanes of at least 4 members (excludes halogenated alkanes) is 8. The second-order valence-electron chi connectivity index (χ2n) is 13.9. The number of hydrogen-bond acceptors (Lipinski definition) is 17. The lowest BCUT2D eigenvalue weighted by atomic mass is 10.2. The molecule has 0 atom stereocenters. The molecule has 0 rings (SSSR count). The van der Waals surface area contributed by atoms with Gasteiger partial charge in [0.1, 0.15) is 0 Å². The van der Waals surface area contributed by atoms with Gasteiger partial charge < -0.3 is 43.3 Å². The van der Waals surface area contributed by atoms with Crippen LogP contribution in [0.4, 0.5) is 0 Å². The molecule has 0 amide bonds. The number of carbonyl (C=O) groups is 6. The van der Waals surface area contributed by atoms with Crippen molar-refractivity contribution in [2.24, 2.45) is 0 Å². The molecule has 0 aromatic carbocycles. The van der Waals surface area contributed by atoms with E-state index in [-0.39, 0.29) is 114 Å². The Bertz CT molecular complexity index is 1000. The zero-order chi connectivity index (χ0) is 42.9. The van der Waals surface area contributed by atoms with E-state index < -0.39 is 0 Å². The summed E-state index contributed by atoms with van der Waals surface area (Å²) < 4.78 is 31.6. The van der Waals surface area contributed by atoms with Gasteiger partial charge in [-0.15, -0.1) is 0 Å². The Labute approximate surface area is 358 Å². The fourth-order valence-corrected chi connectivity index (χ4v) is 5.76. The van der Waals surface area contributed by atoms with Crippen LogP contribution in [0.1, 0.15) is 129 Å². The Kier molecular flexibility index (Phi) is 39.3. The van der Waals surface area contributed by atoms with E-state index in [1.807, 2.05) is 4.90 Å². The Balaban J connectivity index is 4.35. The van der Waals surface area contributed by atoms with Crippen molar-refractivity contribution in [2.75, 3.05) is 97.0 Å². The van der Waals surface area contributed by atoms with E-state index >= 15 is 0 Å². The van der Waals surface area contributed by atoms with Gasteiger partial charge in [0, 0.05) is 44.3 Å². The highest BCUT2D eigenvalue weighted by Crippen LogP contribution is 2.07. The van der Waals surface area contributed by atoms with Gasteiger partial charge >= 0.3 is 35.8 Å². The number of thiol groups is 2. The second kappa shape index (κ2) is 41.1. The molecular weight excluding hydrogens is 793 g/mol. The molecule has 0 aromatic heterocycles. The van der Waals surface area contributed by atoms with E-state index in [2.05, 4.69) is 37.1 Å². The quantitative estimate of drug-likeness (QED) is 0.0318. The van der Waals surface area contributed by atoms with Gasteiger partial charge in [-0.2, -0.15) is 25.3 Å². The Morgan fingerprint density at radius 1 is 0.379 bits per heavy atom. The third-order valence-electron chi connectivity index (χ3n) is 8.82. The summed E-state index contributed by atoms with van der Waals surface area (Å²) in [5.74, 6) is -0.994. The smallest absolute Gasteiger partial charge is 0.307 e. The van der Waals surface area contributed by atoms with E-state index in [0.29, 0.717) is 95.8 Å². The number of esters is 6. The van der Waals surface area contributed by atoms with Crippen molar-refractivity contribution in [3.8, 4) is 0 Å². The summed E-state index contributed by atoms with van der Waals surface area (Å²) in [6, 6.07) is 0. The van der Waals surface area contributed by atoms with Crippen molar-refractivity contribution in [3.05, 3.63) is 0 Å². The normalized spacial score (nSPS) is 11.1. The first-order valence-corrected chi connectivity index (χ1v) is 22.6. The predicted molar refractivity (Wildman–Crippen MR) is 227 cm³/mol. The summed E-state index contributed by atoms with van der Waals surface area (Å²) in [5, 5.41) is 9.09. The molecule has 0 fully saturated rings. The summed E-state index contributed by atoms with van der Waals surface area (Å²) in [7, 11) is 0. The topological polar surface area (TPSA) is 185 Å². The fraction of sp³-hybridized carbons (Fsp3) is 0.854. The first-order valence-electron chi connectivity index (χ1n) is 21.4. The van der Waals surface area contributed by atoms with E-state index in [9.17, 15) is 28.8 Å². The fourth-order valence-electron chi connectivity index (χ4n) is 5.40. The predicted octanol–water partition coefficient (Wildman–Crippen LogP) is 5.13. The zero-order valence-corrected chi connectivity index (χ0v) is 37.0. The Hall–Kier alpha value is -2.60. The van der Waals surface area contributed by atoms with Gasteiger partial charge in [-0.25, -0.2) is 0 Å². The Morgan fingerprint density at radius 2 is 0.655 bits per heavy atom. The van der Waals surface area contributed by atoms with Gasteiger partial charge in [-0.1, -0.05) is 26.2 Å². The van der Waals surface area contributed by atoms with Crippen LogP contribution >= 0.6 is 25.3 Å². The summed E-state index contributed by atoms with van der Waals surface area (Å²) >= 11 is 7.99. The van der Waals surface area contributed by atoms with Crippen LogP contribution < -0.4 is 0 Å². The molecule has 0 bridgehead atoms. The Morgan fingerprint density at radius 3 is 0.914 bits per heavy atom. The van der Waals surface area contributed by atoms with Gasteiger partial charge in [0.25, 0.3) is 0 Å². The van der Waals surface area contributed by atoms with Crippen molar-refractivity contribution in [3.63, 3.8) is 0 Å². The monoisotopic (exact) mass is 866 g/mol. The van der Waals surface area contributed by atoms with Crippen LogP contribution in [0.25, 0.3) is 0 Å². The van der Waals surface area contributed by atoms with Gasteiger partial charge in [-0.05, 0) is 77.3 Å². The lowest BCUT2D eigenvalue weighted by Crippen LogP contribution is -2.31. The summed E-state index contributed by atoms with van der Waals surface area (Å²) in [6.45, 7) is 7.03. The lowest BCUT2D eigenvalue weighted by molar-refractivity contribution is -0.147. The van der Waals surface area contributed by atoms with Gasteiger partial charge in [0.15, 0.2) is 0 Å². The number of ether oxygens (including phenoxy) is 6. The van der Waals surface area contributed by atoms with Gasteiger partial charge in [0.05, 0.1) is 78.2 Å². The molecule has 0 unspecified atom stereocenters. The molecule has 17 heteroatoms. The maximum absolute atomic E-state index is 12.5. The van der Waals surface area contributed by atoms with Crippen molar-refractivity contribution in [1.82, 2.24) is 9.80 Å². The molecule has 0 aromatic rings. The SMILES string of the molecule is CCCCCCN(CCC(=O)OCCCCOC(=O)CCS)CCC(=O)OCCCCOC(=O)CCN(CCCCCO)CCC(=O)OCCCCOC(=O)CCS. The largest absolute Gasteiger partial charge is 0.466 e. The number of nitrogens with zero attached hydrogens (tertiary/aromatic N) is 2. The van der Waals surface area contributed by atoms with E-state index in [1.54, 1.807) is 0 Å². The minimum atomic E-state index is -0.347. The average Bonchev–Trinajstić information content (AvgIpc) is 3.20. The van der Waals surface area contributed by atoms with E-state index in [0.717, 1.165) is 45.1 Å². The van der Waals surface area contributed by atoms with Gasteiger partial charge in [0.2, 0.25) is 0 Å². The molecule has 0 aliphatic rings. The molecule has 0 saturated heterocycles. The number of aliphatic hydroxyl groups is 1. The van der Waals surface area contributed by atoms with Crippen LogP contribution in [0.5, 0.6) is 0 Å². The van der Waals surface area contributed by atoms with Crippen molar-refractivity contribution in [2.45, 2.75) is 129 Å². The summed E-state index contributed by atoms with van der Waals surface area (Å²) in [6.07, 6.45) is 11.4. The molecule has 15 nitrogen and oxygen atoms in total. The van der Waals surface area contributed by atoms with Crippen LogP contribution in [0.2, 0.25) is 0 Å². The van der Waals surface area contributed by atoms with Crippen molar-refractivity contribution in [1.29, 1.82) is 0 Å². The van der Waals surface area contributed by atoms with Crippen LogP contribution in [-0.2, 0) is 57.2 Å². The third kappa shape index (κ3) is 37.7. The van der Waals surface area contributed by atoms with E-state index in [1.165, 1.54) is 0 Å². The molecule has 0 aliphatic heterocycles. The molecule has 0 aliphatic carbocycles. The minimum Gasteiger partial charge on any atom is -0.466 e. The molecule has 58 heavy (non-hydrogen) atoms. The molecule has 1 N–H and O–H groups in total. The second-order valence-corrected chi connectivity index (χ2v) is 14.8. The molecule has 338 valence electrons. The highest BCUT2D eigenvalue weighted by atomic mass is 32.1. The van der Waals surface area contributed by atoms with E-state index in [4.69, 9.17) is 33.5 Å². The number of hydrogen-bond donors (Lipinski definition) is 3. The van der Waals surface area contributed by atoms with Crippen LogP contribution in [-0.4, -0.2) is 148 Å². The third-order valence-corrected chi connectivity index (χ3v) is 9.26. The minimum absolute atomic E-state index is 0.118. The summed E-state index contributed by atoms with van der Waals surface area (Å²) in [5.41, 5.74) is 0. The standard InChI is InChI=1S/C41H74N2O13S2/c1-2-3-4-6-21-42(24-16-37(46)53-30-11-13-32-55-40(49)19-34-57)23-15-36(45)51-28-9-10-29-52-38(47)17-25-43(22-7-5-8-27-44)26-18-39(48)54-31-12-14-33-56-41(50)20-35-58/h44,57-58H,2-35H2,1H3. The first-order chi connectivity index (χ1) is 28.1. The van der Waals surface area contributed by atoms with Crippen molar-refractivity contribution < 1.29 is 62.3 Å².